The van der Waals surface area contributed by atoms with Crippen LogP contribution in [0.5, 0.6) is 0 Å². The molecule has 0 atom stereocenters. The predicted molar refractivity (Wildman–Crippen MR) is 31.2 cm³/mol. The van der Waals surface area contributed by atoms with Gasteiger partial charge in [-0.15, -0.1) is 0 Å². The molecule has 0 unspecified atom stereocenters. The molecule has 2 nitrogen and oxygen atoms in total. The fraction of sp³-hybridized carbons (Fsp3) is 0. The Bertz CT molecular complexity index is 195. The molecule has 0 heterocycles. The highest BCUT2D eigenvalue weighted by molar-refractivity contribution is 5.34. The Morgan fingerprint density at radius 1 is 1.38 bits per heavy atom. The van der Waals surface area contributed by atoms with Gasteiger partial charge in [0.05, 0.1) is 5.69 Å². The van der Waals surface area contributed by atoms with Gasteiger partial charge in [-0.2, -0.15) is 5.11 Å². The van der Waals surface area contributed by atoms with Crippen LogP contribution in [-0.2, 0) is 0 Å². The number of hydrogen-bond acceptors (Lipinski definition) is 2. The molecule has 0 spiro atoms. The van der Waals surface area contributed by atoms with Gasteiger partial charge in [0, 0.05) is 0 Å². The molecule has 1 rings (SSSR count). The molecule has 1 aromatic carbocycles. The van der Waals surface area contributed by atoms with Gasteiger partial charge in [0.2, 0.25) is 1.41 Å². The van der Waals surface area contributed by atoms with Crippen LogP contribution in [0.1, 0.15) is 0 Å². The first-order valence-corrected chi connectivity index (χ1v) is 2.33. The van der Waals surface area contributed by atoms with Crippen molar-refractivity contribution in [3.63, 3.8) is 0 Å². The summed E-state index contributed by atoms with van der Waals surface area (Å²) in [6, 6.07) is 9.17. The topological polar surface area (TPSA) is 36.2 Å². The third-order valence-electron chi connectivity index (χ3n) is 0.872. The summed E-state index contributed by atoms with van der Waals surface area (Å²) in [4.78, 5) is 0. The van der Waals surface area contributed by atoms with Gasteiger partial charge in [0.15, 0.2) is 0 Å². The van der Waals surface area contributed by atoms with Crippen LogP contribution in [0, 0.1) is 5.52 Å². The van der Waals surface area contributed by atoms with Gasteiger partial charge in [-0.25, -0.2) is 5.52 Å². The fourth-order valence-corrected chi connectivity index (χ4v) is 0.495. The first-order chi connectivity index (χ1) is 4.43. The molecule has 2 heteroatoms. The van der Waals surface area contributed by atoms with Crippen molar-refractivity contribution >= 4 is 5.69 Å². The lowest BCUT2D eigenvalue weighted by molar-refractivity contribution is 1.15. The zero-order valence-corrected chi connectivity index (χ0v) is 4.28. The van der Waals surface area contributed by atoms with E-state index in [0.29, 0.717) is 5.69 Å². The third-order valence-corrected chi connectivity index (χ3v) is 0.872. The molecule has 40 valence electrons. The summed E-state index contributed by atoms with van der Waals surface area (Å²) in [6.07, 6.45) is 0. The lowest BCUT2D eigenvalue weighted by atomic mass is 10.3. The number of nitrogens with zero attached hydrogens (tertiary/aromatic N) is 1. The van der Waals surface area contributed by atoms with Crippen LogP contribution in [0.15, 0.2) is 35.4 Å². The summed E-state index contributed by atoms with van der Waals surface area (Å²) in [5.41, 5.74) is 3.60. The number of rotatable bonds is 1. The lowest BCUT2D eigenvalue weighted by Crippen LogP contribution is -1.56. The van der Waals surface area contributed by atoms with E-state index in [-0.39, 0.29) is 0 Å². The van der Waals surface area contributed by atoms with Crippen molar-refractivity contribution in [3.8, 4) is 0 Å². The van der Waals surface area contributed by atoms with Crippen molar-refractivity contribution in [2.24, 2.45) is 5.11 Å². The van der Waals surface area contributed by atoms with Crippen molar-refractivity contribution < 1.29 is 1.41 Å². The Hall–Kier alpha value is -1.18. The average Bonchev–Trinajstić information content (AvgIpc) is 1.91. The Labute approximate surface area is 49.1 Å². The third kappa shape index (κ3) is 0.904. The molecule has 0 aliphatic heterocycles. The SMILES string of the molecule is [2H]N=Nc1ccccc1. The minimum atomic E-state index is 0.715. The Morgan fingerprint density at radius 2 is 2.12 bits per heavy atom. The van der Waals surface area contributed by atoms with Gasteiger partial charge >= 0.3 is 0 Å². The van der Waals surface area contributed by atoms with Crippen LogP contribution in [0.25, 0.3) is 0 Å². The predicted octanol–water partition coefficient (Wildman–Crippen LogP) is 2.35. The summed E-state index contributed by atoms with van der Waals surface area (Å²) < 4.78 is 6.40. The standard InChI is InChI=1S/C6H6N2/c7-8-6-4-2-1-3-5-6/h1-5,7H/i/hD. The van der Waals surface area contributed by atoms with E-state index in [9.17, 15) is 0 Å². The quantitative estimate of drug-likeness (QED) is 0.535. The highest BCUT2D eigenvalue weighted by Crippen LogP contribution is 2.07. The van der Waals surface area contributed by atoms with Gasteiger partial charge in [-0.3, -0.25) is 0 Å². The van der Waals surface area contributed by atoms with E-state index in [1.54, 1.807) is 12.1 Å². The molecule has 0 aromatic heterocycles. The molecule has 0 radical (unpaired) electrons. The molecule has 1 N–H and O–H groups in total. The second-order valence-corrected chi connectivity index (χ2v) is 1.44. The zero-order chi connectivity index (χ0) is 6.53. The molecule has 0 saturated heterocycles. The number of benzene rings is 1. The molecular weight excluding hydrogens is 100 g/mol. The van der Waals surface area contributed by atoms with Crippen molar-refractivity contribution in [1.82, 2.24) is 0 Å². The average molecular weight is 107 g/mol. The van der Waals surface area contributed by atoms with E-state index in [4.69, 9.17) is 1.41 Å². The smallest absolute Gasteiger partial charge is 0.204 e. The maximum absolute atomic E-state index is 6.40. The van der Waals surface area contributed by atoms with E-state index < -0.39 is 0 Å². The zero-order valence-electron chi connectivity index (χ0n) is 5.28. The van der Waals surface area contributed by atoms with Gasteiger partial charge in [0.1, 0.15) is 0 Å². The van der Waals surface area contributed by atoms with Crippen molar-refractivity contribution in [2.45, 2.75) is 0 Å². The van der Waals surface area contributed by atoms with Gasteiger partial charge in [-0.1, -0.05) is 18.2 Å². The van der Waals surface area contributed by atoms with Gasteiger partial charge < -0.3 is 0 Å². The molecule has 0 aliphatic carbocycles. The van der Waals surface area contributed by atoms with Crippen LogP contribution >= 0.6 is 0 Å². The summed E-state index contributed by atoms with van der Waals surface area (Å²) in [5.74, 6) is 0. The van der Waals surface area contributed by atoms with E-state index in [1.807, 2.05) is 18.2 Å². The van der Waals surface area contributed by atoms with E-state index in [0.717, 1.165) is 0 Å². The first kappa shape index (κ1) is 3.78. The Balaban J connectivity index is 2.85. The van der Waals surface area contributed by atoms with Gasteiger partial charge in [-0.05, 0) is 12.1 Å². The van der Waals surface area contributed by atoms with E-state index in [1.165, 1.54) is 0 Å². The van der Waals surface area contributed by atoms with Crippen LogP contribution in [-0.4, -0.2) is 0 Å². The largest absolute Gasteiger partial charge is 0.214 e. The van der Waals surface area contributed by atoms with Crippen LogP contribution in [0.4, 0.5) is 5.69 Å². The van der Waals surface area contributed by atoms with Gasteiger partial charge in [0.25, 0.3) is 0 Å². The van der Waals surface area contributed by atoms with Crippen LogP contribution in [0.2, 0.25) is 1.41 Å². The first-order valence-electron chi connectivity index (χ1n) is 2.78. The molecule has 1 aromatic rings. The van der Waals surface area contributed by atoms with E-state index in [2.05, 4.69) is 10.6 Å². The van der Waals surface area contributed by atoms with Crippen LogP contribution < -0.4 is 0 Å². The fourth-order valence-electron chi connectivity index (χ4n) is 0.495. The number of para-hydroxylation sites is 1. The highest BCUT2D eigenvalue weighted by Gasteiger charge is 1.78. The number of nitrogens with one attached hydrogen (secondary N) is 1. The molecule has 0 saturated carbocycles. The number of hydrogen-bond donors (Lipinski definition) is 1. The normalized spacial score (nSPS) is 11.8. The van der Waals surface area contributed by atoms with Crippen molar-refractivity contribution in [1.29, 1.82) is 5.52 Å². The molecule has 0 fully saturated rings. The monoisotopic (exact) mass is 107 g/mol. The lowest BCUT2D eigenvalue weighted by Gasteiger charge is -1.83. The molecule has 0 amide bonds. The second-order valence-electron chi connectivity index (χ2n) is 1.44. The minimum absolute atomic E-state index is 0.715. The Kier molecular flexibility index (Phi) is 1.04. The minimum Gasteiger partial charge on any atom is -0.204 e. The second kappa shape index (κ2) is 2.21. The molecule has 0 bridgehead atoms. The molecule has 8 heavy (non-hydrogen) atoms. The maximum atomic E-state index is 6.40. The van der Waals surface area contributed by atoms with Crippen molar-refractivity contribution in [2.75, 3.05) is 0 Å². The van der Waals surface area contributed by atoms with Crippen LogP contribution in [0.3, 0.4) is 0 Å². The summed E-state index contributed by atoms with van der Waals surface area (Å²) in [6.45, 7) is 0. The Morgan fingerprint density at radius 3 is 2.75 bits per heavy atom. The maximum Gasteiger partial charge on any atom is 0.214 e. The van der Waals surface area contributed by atoms with Crippen molar-refractivity contribution in [3.05, 3.63) is 30.3 Å². The van der Waals surface area contributed by atoms with E-state index >= 15 is 0 Å². The summed E-state index contributed by atoms with van der Waals surface area (Å²) >= 11 is 0. The highest BCUT2D eigenvalue weighted by atomic mass is 14.9. The molecular formula is C6H6N2. The summed E-state index contributed by atoms with van der Waals surface area (Å²) in [7, 11) is 0. The molecule has 0 aliphatic rings. The summed E-state index contributed by atoms with van der Waals surface area (Å²) in [5, 5.41) is 3.50.